The van der Waals surface area contributed by atoms with Gasteiger partial charge in [0.1, 0.15) is 11.0 Å². The molecule has 0 bridgehead atoms. The predicted octanol–water partition coefficient (Wildman–Crippen LogP) is 4.37. The van der Waals surface area contributed by atoms with Crippen LogP contribution in [0.3, 0.4) is 0 Å². The minimum atomic E-state index is -0.190. The monoisotopic (exact) mass is 457 g/mol. The molecule has 1 fully saturated rings. The number of carbonyl (C=O) groups is 2. The van der Waals surface area contributed by atoms with Gasteiger partial charge < -0.3 is 10.2 Å². The third kappa shape index (κ3) is 4.57. The molecule has 160 valence electrons. The Kier molecular flexibility index (Phi) is 6.25. The van der Waals surface area contributed by atoms with Gasteiger partial charge in [-0.2, -0.15) is 5.10 Å². The molecular weight excluding hydrogens is 437 g/mol. The quantitative estimate of drug-likeness (QED) is 0.630. The number of aromatic nitrogens is 3. The summed E-state index contributed by atoms with van der Waals surface area (Å²) >= 11 is 12.4. The van der Waals surface area contributed by atoms with Gasteiger partial charge in [0.25, 0.3) is 5.91 Å². The molecule has 0 aliphatic carbocycles. The van der Waals surface area contributed by atoms with Crippen molar-refractivity contribution < 1.29 is 9.59 Å². The number of halogens is 2. The number of piperidine rings is 1. The molecule has 9 heteroatoms. The maximum Gasteiger partial charge on any atom is 0.258 e. The van der Waals surface area contributed by atoms with Crippen LogP contribution in [-0.4, -0.2) is 44.6 Å². The summed E-state index contributed by atoms with van der Waals surface area (Å²) in [7, 11) is 0. The van der Waals surface area contributed by atoms with E-state index < -0.39 is 0 Å². The molecule has 1 aliphatic heterocycles. The molecular formula is C22H21Cl2N5O2. The standard InChI is InChI=1S/C22H21Cl2N5O2/c1-14-19(20(24)29(27-14)17-5-3-2-4-6-17)22(31)28-11-9-15(10-12-28)21(30)26-18-8-7-16(23)13-25-18/h2-8,13,15H,9-12H2,1H3,(H,25,26,30). The zero-order valence-electron chi connectivity index (χ0n) is 16.9. The van der Waals surface area contributed by atoms with E-state index in [1.807, 2.05) is 30.3 Å². The molecule has 0 atom stereocenters. The Hall–Kier alpha value is -2.90. The summed E-state index contributed by atoms with van der Waals surface area (Å²) < 4.78 is 1.57. The number of nitrogens with one attached hydrogen (secondary N) is 1. The second kappa shape index (κ2) is 9.08. The number of anilines is 1. The summed E-state index contributed by atoms with van der Waals surface area (Å²) in [5.41, 5.74) is 1.77. The van der Waals surface area contributed by atoms with E-state index in [2.05, 4.69) is 15.4 Å². The Morgan fingerprint density at radius 1 is 1.06 bits per heavy atom. The van der Waals surface area contributed by atoms with Gasteiger partial charge in [-0.3, -0.25) is 9.59 Å². The van der Waals surface area contributed by atoms with Crippen LogP contribution in [0.25, 0.3) is 5.69 Å². The lowest BCUT2D eigenvalue weighted by molar-refractivity contribution is -0.121. The summed E-state index contributed by atoms with van der Waals surface area (Å²) in [6.45, 7) is 2.71. The molecule has 0 spiro atoms. The van der Waals surface area contributed by atoms with Gasteiger partial charge in [-0.1, -0.05) is 41.4 Å². The van der Waals surface area contributed by atoms with E-state index in [4.69, 9.17) is 23.2 Å². The Morgan fingerprint density at radius 2 is 1.77 bits per heavy atom. The third-order valence-corrected chi connectivity index (χ3v) is 5.92. The lowest BCUT2D eigenvalue weighted by Gasteiger charge is -2.31. The smallest absolute Gasteiger partial charge is 0.258 e. The topological polar surface area (TPSA) is 80.1 Å². The molecule has 7 nitrogen and oxygen atoms in total. The van der Waals surface area contributed by atoms with E-state index in [-0.39, 0.29) is 17.7 Å². The lowest BCUT2D eigenvalue weighted by Crippen LogP contribution is -2.41. The largest absolute Gasteiger partial charge is 0.338 e. The van der Waals surface area contributed by atoms with E-state index in [1.165, 1.54) is 6.20 Å². The summed E-state index contributed by atoms with van der Waals surface area (Å²) in [4.78, 5) is 31.5. The molecule has 3 aromatic rings. The molecule has 1 saturated heterocycles. The van der Waals surface area contributed by atoms with Crippen LogP contribution in [-0.2, 0) is 4.79 Å². The van der Waals surface area contributed by atoms with E-state index in [0.29, 0.717) is 53.2 Å². The Morgan fingerprint density at radius 3 is 2.42 bits per heavy atom. The van der Waals surface area contributed by atoms with Crippen molar-refractivity contribution in [3.05, 3.63) is 70.1 Å². The summed E-state index contributed by atoms with van der Waals surface area (Å²) in [6.07, 6.45) is 2.61. The fraction of sp³-hybridized carbons (Fsp3) is 0.273. The Bertz CT molecular complexity index is 1090. The fourth-order valence-electron chi connectivity index (χ4n) is 3.66. The van der Waals surface area contributed by atoms with Gasteiger partial charge in [-0.05, 0) is 44.0 Å². The van der Waals surface area contributed by atoms with Gasteiger partial charge in [0.2, 0.25) is 5.91 Å². The van der Waals surface area contributed by atoms with E-state index in [9.17, 15) is 9.59 Å². The first kappa shape index (κ1) is 21.3. The third-order valence-electron chi connectivity index (χ3n) is 5.35. The molecule has 2 amide bonds. The fourth-order valence-corrected chi connectivity index (χ4v) is 4.13. The van der Waals surface area contributed by atoms with Crippen molar-refractivity contribution >= 4 is 40.8 Å². The zero-order chi connectivity index (χ0) is 22.0. The van der Waals surface area contributed by atoms with Crippen LogP contribution in [0.15, 0.2) is 48.7 Å². The first-order chi connectivity index (χ1) is 14.9. The number of aryl methyl sites for hydroxylation is 1. The Balaban J connectivity index is 1.41. The highest BCUT2D eigenvalue weighted by molar-refractivity contribution is 6.33. The first-order valence-corrected chi connectivity index (χ1v) is 10.7. The number of benzene rings is 1. The number of hydrogen-bond donors (Lipinski definition) is 1. The second-order valence-corrected chi connectivity index (χ2v) is 8.21. The SMILES string of the molecule is Cc1nn(-c2ccccc2)c(Cl)c1C(=O)N1CCC(C(=O)Nc2ccc(Cl)cn2)CC1. The zero-order valence-corrected chi connectivity index (χ0v) is 18.4. The molecule has 31 heavy (non-hydrogen) atoms. The van der Waals surface area contributed by atoms with Crippen LogP contribution in [0, 0.1) is 12.8 Å². The van der Waals surface area contributed by atoms with Crippen molar-refractivity contribution in [3.63, 3.8) is 0 Å². The van der Waals surface area contributed by atoms with E-state index in [1.54, 1.807) is 28.6 Å². The number of likely N-dealkylation sites (tertiary alicyclic amines) is 1. The maximum absolute atomic E-state index is 13.2. The number of amides is 2. The highest BCUT2D eigenvalue weighted by Crippen LogP contribution is 2.27. The molecule has 0 unspecified atom stereocenters. The van der Waals surface area contributed by atoms with Crippen molar-refractivity contribution in [3.8, 4) is 5.69 Å². The van der Waals surface area contributed by atoms with Crippen LogP contribution in [0.5, 0.6) is 0 Å². The van der Waals surface area contributed by atoms with Crippen LogP contribution in [0.2, 0.25) is 10.2 Å². The summed E-state index contributed by atoms with van der Waals surface area (Å²) in [6, 6.07) is 12.8. The number of nitrogens with zero attached hydrogens (tertiary/aromatic N) is 4. The average molecular weight is 458 g/mol. The summed E-state index contributed by atoms with van der Waals surface area (Å²) in [5, 5.41) is 8.06. The molecule has 1 aromatic carbocycles. The molecule has 1 aliphatic rings. The summed E-state index contributed by atoms with van der Waals surface area (Å²) in [5.74, 6) is 0.00437. The van der Waals surface area contributed by atoms with Crippen molar-refractivity contribution in [1.82, 2.24) is 19.7 Å². The van der Waals surface area contributed by atoms with E-state index in [0.717, 1.165) is 5.69 Å². The second-order valence-electron chi connectivity index (χ2n) is 7.42. The highest BCUT2D eigenvalue weighted by Gasteiger charge is 2.31. The van der Waals surface area contributed by atoms with Crippen molar-refractivity contribution in [2.24, 2.45) is 5.92 Å². The van der Waals surface area contributed by atoms with Gasteiger partial charge in [0.15, 0.2) is 0 Å². The predicted molar refractivity (Wildman–Crippen MR) is 120 cm³/mol. The molecule has 2 aromatic heterocycles. The number of pyridine rings is 1. The van der Waals surface area contributed by atoms with Crippen LogP contribution >= 0.6 is 23.2 Å². The van der Waals surface area contributed by atoms with E-state index >= 15 is 0 Å². The maximum atomic E-state index is 13.2. The minimum absolute atomic E-state index is 0.104. The average Bonchev–Trinajstić information content (AvgIpc) is 3.09. The van der Waals surface area contributed by atoms with Crippen LogP contribution in [0.1, 0.15) is 28.9 Å². The highest BCUT2D eigenvalue weighted by atomic mass is 35.5. The van der Waals surface area contributed by atoms with Crippen molar-refractivity contribution in [1.29, 1.82) is 0 Å². The van der Waals surface area contributed by atoms with Gasteiger partial charge in [0.05, 0.1) is 22.0 Å². The van der Waals surface area contributed by atoms with Crippen LogP contribution < -0.4 is 5.32 Å². The number of hydrogen-bond acceptors (Lipinski definition) is 4. The van der Waals surface area contributed by atoms with Crippen molar-refractivity contribution in [2.75, 3.05) is 18.4 Å². The van der Waals surface area contributed by atoms with Gasteiger partial charge in [-0.15, -0.1) is 0 Å². The first-order valence-electron chi connectivity index (χ1n) is 9.96. The molecule has 4 rings (SSSR count). The lowest BCUT2D eigenvalue weighted by atomic mass is 9.95. The van der Waals surface area contributed by atoms with Gasteiger partial charge >= 0.3 is 0 Å². The molecule has 0 saturated carbocycles. The number of para-hydroxylation sites is 1. The molecule has 0 radical (unpaired) electrons. The number of carbonyl (C=O) groups excluding carboxylic acids is 2. The van der Waals surface area contributed by atoms with Crippen molar-refractivity contribution in [2.45, 2.75) is 19.8 Å². The van der Waals surface area contributed by atoms with Gasteiger partial charge in [-0.25, -0.2) is 9.67 Å². The minimum Gasteiger partial charge on any atom is -0.338 e. The Labute approximate surface area is 190 Å². The molecule has 1 N–H and O–H groups in total. The number of rotatable bonds is 4. The van der Waals surface area contributed by atoms with Gasteiger partial charge in [0, 0.05) is 25.2 Å². The van der Waals surface area contributed by atoms with Crippen LogP contribution in [0.4, 0.5) is 5.82 Å². The normalized spacial score (nSPS) is 14.5. The molecule has 3 heterocycles.